The maximum Gasteiger partial charge on any atom is 0.339 e. The molecule has 0 spiro atoms. The van der Waals surface area contributed by atoms with E-state index in [0.717, 1.165) is 0 Å². The largest absolute Gasteiger partial charge is 0.493 e. The van der Waals surface area contributed by atoms with Gasteiger partial charge in [-0.15, -0.1) is 0 Å². The van der Waals surface area contributed by atoms with Crippen molar-refractivity contribution >= 4 is 17.7 Å². The fourth-order valence-corrected chi connectivity index (χ4v) is 3.09. The number of nitrogens with one attached hydrogen (secondary N) is 1. The van der Waals surface area contributed by atoms with Crippen LogP contribution in [0.3, 0.4) is 0 Å². The Morgan fingerprint density at radius 2 is 1.47 bits per heavy atom. The van der Waals surface area contributed by atoms with E-state index in [1.54, 1.807) is 13.8 Å². The van der Waals surface area contributed by atoms with Gasteiger partial charge in [-0.25, -0.2) is 9.59 Å². The lowest BCUT2D eigenvalue weighted by molar-refractivity contribution is 0.0316. The van der Waals surface area contributed by atoms with Gasteiger partial charge in [-0.1, -0.05) is 0 Å². The van der Waals surface area contributed by atoms with Gasteiger partial charge in [-0.3, -0.25) is 4.79 Å². The predicted octanol–water partition coefficient (Wildman–Crippen LogP) is 2.87. The van der Waals surface area contributed by atoms with Gasteiger partial charge in [0.05, 0.1) is 45.3 Å². The molecule has 0 fully saturated rings. The van der Waals surface area contributed by atoms with Gasteiger partial charge in [-0.2, -0.15) is 0 Å². The fraction of sp³-hybridized carbons (Fsp3) is 0.381. The maximum atomic E-state index is 12.8. The van der Waals surface area contributed by atoms with Gasteiger partial charge in [0.15, 0.2) is 17.6 Å². The topological polar surface area (TPSA) is 113 Å². The van der Waals surface area contributed by atoms with E-state index < -0.39 is 23.8 Å². The smallest absolute Gasteiger partial charge is 0.339 e. The molecule has 0 saturated heterocycles. The van der Waals surface area contributed by atoms with Crippen LogP contribution in [0.2, 0.25) is 0 Å². The van der Waals surface area contributed by atoms with Crippen molar-refractivity contribution in [2.24, 2.45) is 0 Å². The van der Waals surface area contributed by atoms with Gasteiger partial charge in [-0.05, 0) is 38.5 Å². The summed E-state index contributed by atoms with van der Waals surface area (Å²) in [5, 5.41) is 0. The molecule has 9 nitrogen and oxygen atoms in total. The van der Waals surface area contributed by atoms with E-state index in [0.29, 0.717) is 17.0 Å². The monoisotopic (exact) mass is 419 g/mol. The molecule has 1 aromatic carbocycles. The summed E-state index contributed by atoms with van der Waals surface area (Å²) in [6.07, 6.45) is -1.11. The average Bonchev–Trinajstić information content (AvgIpc) is 3.04. The summed E-state index contributed by atoms with van der Waals surface area (Å²) in [5.41, 5.74) is 1.51. The highest BCUT2D eigenvalue weighted by Gasteiger charge is 2.28. The van der Waals surface area contributed by atoms with Crippen molar-refractivity contribution in [1.82, 2.24) is 4.98 Å². The summed E-state index contributed by atoms with van der Waals surface area (Å²) in [6.45, 7) is 4.73. The molecule has 9 heteroatoms. The molecule has 1 atom stereocenters. The van der Waals surface area contributed by atoms with E-state index in [2.05, 4.69) is 4.98 Å². The lowest BCUT2D eigenvalue weighted by Gasteiger charge is -2.15. The molecule has 2 aromatic rings. The fourth-order valence-electron chi connectivity index (χ4n) is 3.09. The van der Waals surface area contributed by atoms with E-state index >= 15 is 0 Å². The Morgan fingerprint density at radius 3 is 1.93 bits per heavy atom. The molecule has 0 amide bonds. The SMILES string of the molecule is COC(=O)c1c(C)[nH]c(C(=O)C(C)OC(=O)c2cc(OC)c(OC)c(OC)c2)c1C. The van der Waals surface area contributed by atoms with Crippen molar-refractivity contribution in [3.05, 3.63) is 40.2 Å². The Labute approximate surface area is 174 Å². The van der Waals surface area contributed by atoms with Crippen molar-refractivity contribution in [1.29, 1.82) is 0 Å². The molecule has 1 aromatic heterocycles. The van der Waals surface area contributed by atoms with E-state index in [4.69, 9.17) is 23.7 Å². The van der Waals surface area contributed by atoms with E-state index in [1.165, 1.54) is 47.5 Å². The van der Waals surface area contributed by atoms with Crippen LogP contribution in [-0.4, -0.2) is 57.2 Å². The number of aryl methyl sites for hydroxylation is 1. The molecule has 0 aliphatic heterocycles. The van der Waals surface area contributed by atoms with E-state index in [-0.39, 0.29) is 28.3 Å². The zero-order chi connectivity index (χ0) is 22.6. The number of Topliss-reactive ketones (excluding diaryl/α,β-unsaturated/α-hetero) is 1. The maximum absolute atomic E-state index is 12.8. The molecule has 1 N–H and O–H groups in total. The van der Waals surface area contributed by atoms with Gasteiger partial charge >= 0.3 is 11.9 Å². The van der Waals surface area contributed by atoms with E-state index in [9.17, 15) is 14.4 Å². The van der Waals surface area contributed by atoms with Gasteiger partial charge in [0.2, 0.25) is 11.5 Å². The second kappa shape index (κ2) is 9.34. The molecule has 0 radical (unpaired) electrons. The molecule has 0 bridgehead atoms. The number of rotatable bonds is 8. The summed E-state index contributed by atoms with van der Waals surface area (Å²) in [6, 6.07) is 2.86. The van der Waals surface area contributed by atoms with Gasteiger partial charge in [0.25, 0.3) is 0 Å². The first-order chi connectivity index (χ1) is 14.2. The molecule has 162 valence electrons. The zero-order valence-corrected chi connectivity index (χ0v) is 18.0. The Hall–Kier alpha value is -3.49. The van der Waals surface area contributed by atoms with Crippen molar-refractivity contribution in [2.45, 2.75) is 26.9 Å². The lowest BCUT2D eigenvalue weighted by atomic mass is 10.1. The molecule has 0 saturated carbocycles. The number of H-pyrrole nitrogens is 1. The molecule has 0 aliphatic carbocycles. The van der Waals surface area contributed by atoms with Crippen molar-refractivity contribution in [3.8, 4) is 17.2 Å². The van der Waals surface area contributed by atoms with Crippen molar-refractivity contribution < 1.29 is 38.1 Å². The number of esters is 2. The Morgan fingerprint density at radius 1 is 0.900 bits per heavy atom. The van der Waals surface area contributed by atoms with Crippen LogP contribution >= 0.6 is 0 Å². The van der Waals surface area contributed by atoms with Crippen LogP contribution in [0.4, 0.5) is 0 Å². The summed E-state index contributed by atoms with van der Waals surface area (Å²) >= 11 is 0. The highest BCUT2D eigenvalue weighted by molar-refractivity contribution is 6.04. The van der Waals surface area contributed by atoms with Crippen LogP contribution in [0.5, 0.6) is 17.2 Å². The summed E-state index contributed by atoms with van der Waals surface area (Å²) in [4.78, 5) is 40.3. The number of hydrogen-bond acceptors (Lipinski definition) is 8. The van der Waals surface area contributed by atoms with Crippen molar-refractivity contribution in [2.75, 3.05) is 28.4 Å². The number of ether oxygens (including phenoxy) is 5. The number of aromatic amines is 1. The average molecular weight is 419 g/mol. The Bertz CT molecular complexity index is 951. The van der Waals surface area contributed by atoms with Crippen LogP contribution in [0.15, 0.2) is 12.1 Å². The quantitative estimate of drug-likeness (QED) is 0.513. The Kier molecular flexibility index (Phi) is 7.10. The predicted molar refractivity (Wildman–Crippen MR) is 107 cm³/mol. The number of carbonyl (C=O) groups excluding carboxylic acids is 3. The molecule has 2 rings (SSSR count). The van der Waals surface area contributed by atoms with Crippen molar-refractivity contribution in [3.63, 3.8) is 0 Å². The molecule has 30 heavy (non-hydrogen) atoms. The van der Waals surface area contributed by atoms with Crippen LogP contribution in [-0.2, 0) is 9.47 Å². The number of carbonyl (C=O) groups is 3. The minimum atomic E-state index is -1.11. The van der Waals surface area contributed by atoms with Gasteiger partial charge < -0.3 is 28.7 Å². The zero-order valence-electron chi connectivity index (χ0n) is 18.0. The molecule has 0 aliphatic rings. The van der Waals surface area contributed by atoms with E-state index in [1.807, 2.05) is 0 Å². The lowest BCUT2D eigenvalue weighted by Crippen LogP contribution is -2.25. The minimum absolute atomic E-state index is 0.124. The number of methoxy groups -OCH3 is 4. The first kappa shape index (κ1) is 22.8. The Balaban J connectivity index is 2.28. The minimum Gasteiger partial charge on any atom is -0.493 e. The molecule has 1 heterocycles. The van der Waals surface area contributed by atoms with Crippen LogP contribution < -0.4 is 14.2 Å². The van der Waals surface area contributed by atoms with Crippen LogP contribution in [0, 0.1) is 13.8 Å². The number of hydrogen-bond donors (Lipinski definition) is 1. The third kappa shape index (κ3) is 4.24. The first-order valence-electron chi connectivity index (χ1n) is 9.02. The molecule has 1 unspecified atom stereocenters. The molecular weight excluding hydrogens is 394 g/mol. The third-order valence-electron chi connectivity index (χ3n) is 4.63. The van der Waals surface area contributed by atoms with Gasteiger partial charge in [0.1, 0.15) is 0 Å². The number of ketones is 1. The van der Waals surface area contributed by atoms with Gasteiger partial charge in [0, 0.05) is 5.69 Å². The number of aromatic nitrogens is 1. The highest BCUT2D eigenvalue weighted by Crippen LogP contribution is 2.38. The first-order valence-corrected chi connectivity index (χ1v) is 9.02. The molecular formula is C21H25NO8. The summed E-state index contributed by atoms with van der Waals surface area (Å²) in [5.74, 6) is -0.894. The summed E-state index contributed by atoms with van der Waals surface area (Å²) in [7, 11) is 5.56. The van der Waals surface area contributed by atoms with Crippen LogP contribution in [0.1, 0.15) is 49.4 Å². The second-order valence-electron chi connectivity index (χ2n) is 6.44. The third-order valence-corrected chi connectivity index (χ3v) is 4.63. The summed E-state index contributed by atoms with van der Waals surface area (Å²) < 4.78 is 25.8. The normalized spacial score (nSPS) is 11.4. The number of benzene rings is 1. The standard InChI is InChI=1S/C21H25NO8/c1-10-16(21(25)29-7)11(2)22-17(10)18(23)12(3)30-20(24)13-8-14(26-4)19(28-6)15(9-13)27-5/h8-9,12,22H,1-7H3. The second-order valence-corrected chi connectivity index (χ2v) is 6.44. The highest BCUT2D eigenvalue weighted by atomic mass is 16.6. The van der Waals surface area contributed by atoms with Crippen LogP contribution in [0.25, 0.3) is 0 Å².